The summed E-state index contributed by atoms with van der Waals surface area (Å²) in [6.45, 7) is 2.17. The second-order valence-corrected chi connectivity index (χ2v) is 4.96. The maximum absolute atomic E-state index is 13.1. The lowest BCUT2D eigenvalue weighted by Gasteiger charge is -2.20. The van der Waals surface area contributed by atoms with Crippen molar-refractivity contribution in [3.05, 3.63) is 66.0 Å². The minimum atomic E-state index is -0.271. The van der Waals surface area contributed by atoms with Crippen LogP contribution in [0, 0.1) is 5.82 Å². The van der Waals surface area contributed by atoms with Gasteiger partial charge < -0.3 is 10.1 Å². The Balaban J connectivity index is 2.09. The van der Waals surface area contributed by atoms with Gasteiger partial charge in [-0.3, -0.25) is 4.79 Å². The molecule has 1 unspecified atom stereocenters. The second-order valence-electron chi connectivity index (χ2n) is 4.96. The molecule has 1 atom stereocenters. The minimum absolute atomic E-state index is 0.0765. The molecular formula is C18H20FNO2. The van der Waals surface area contributed by atoms with E-state index in [9.17, 15) is 9.18 Å². The Labute approximate surface area is 130 Å². The molecule has 116 valence electrons. The van der Waals surface area contributed by atoms with E-state index in [2.05, 4.69) is 5.32 Å². The van der Waals surface area contributed by atoms with E-state index in [1.165, 1.54) is 12.1 Å². The molecule has 0 fully saturated rings. The number of halogens is 1. The van der Waals surface area contributed by atoms with Crippen LogP contribution in [0.3, 0.4) is 0 Å². The standard InChI is InChI=1S/C18H20FNO2/c1-2-22-18(21)13-12-17(14-8-10-15(19)11-9-14)20-16-6-4-3-5-7-16/h3-11,17,20H,2,12-13H2,1H3. The molecule has 0 saturated carbocycles. The van der Waals surface area contributed by atoms with Gasteiger partial charge in [0.05, 0.1) is 12.6 Å². The highest BCUT2D eigenvalue weighted by atomic mass is 19.1. The number of carbonyl (C=O) groups is 1. The summed E-state index contributed by atoms with van der Waals surface area (Å²) >= 11 is 0. The van der Waals surface area contributed by atoms with Crippen molar-refractivity contribution in [1.29, 1.82) is 0 Å². The maximum atomic E-state index is 13.1. The molecule has 0 aromatic heterocycles. The van der Waals surface area contributed by atoms with E-state index in [1.807, 2.05) is 30.3 Å². The fourth-order valence-electron chi connectivity index (χ4n) is 2.25. The first-order valence-corrected chi connectivity index (χ1v) is 7.41. The van der Waals surface area contributed by atoms with Gasteiger partial charge in [0.25, 0.3) is 0 Å². The van der Waals surface area contributed by atoms with Crippen LogP contribution in [0.5, 0.6) is 0 Å². The van der Waals surface area contributed by atoms with Gasteiger partial charge in [0, 0.05) is 12.1 Å². The summed E-state index contributed by atoms with van der Waals surface area (Å²) in [4.78, 5) is 11.6. The highest BCUT2D eigenvalue weighted by Crippen LogP contribution is 2.24. The highest BCUT2D eigenvalue weighted by molar-refractivity contribution is 5.69. The average molecular weight is 301 g/mol. The molecule has 0 saturated heterocycles. The van der Waals surface area contributed by atoms with Crippen LogP contribution < -0.4 is 5.32 Å². The minimum Gasteiger partial charge on any atom is -0.466 e. The largest absolute Gasteiger partial charge is 0.466 e. The number of para-hydroxylation sites is 1. The molecule has 0 aliphatic heterocycles. The fourth-order valence-corrected chi connectivity index (χ4v) is 2.25. The van der Waals surface area contributed by atoms with E-state index in [-0.39, 0.29) is 17.8 Å². The first-order valence-electron chi connectivity index (χ1n) is 7.41. The van der Waals surface area contributed by atoms with E-state index >= 15 is 0 Å². The first kappa shape index (κ1) is 16.0. The number of hydrogen-bond acceptors (Lipinski definition) is 3. The smallest absolute Gasteiger partial charge is 0.305 e. The van der Waals surface area contributed by atoms with E-state index in [0.29, 0.717) is 19.4 Å². The van der Waals surface area contributed by atoms with Crippen molar-refractivity contribution in [3.8, 4) is 0 Å². The first-order chi connectivity index (χ1) is 10.7. The molecule has 0 aliphatic rings. The molecular weight excluding hydrogens is 281 g/mol. The molecule has 0 amide bonds. The molecule has 3 nitrogen and oxygen atoms in total. The third kappa shape index (κ3) is 4.88. The third-order valence-electron chi connectivity index (χ3n) is 3.33. The summed E-state index contributed by atoms with van der Waals surface area (Å²) in [6, 6.07) is 16.0. The van der Waals surface area contributed by atoms with Crippen LogP contribution in [0.25, 0.3) is 0 Å². The van der Waals surface area contributed by atoms with Crippen molar-refractivity contribution in [1.82, 2.24) is 0 Å². The number of esters is 1. The Morgan fingerprint density at radius 1 is 1.14 bits per heavy atom. The van der Waals surface area contributed by atoms with Gasteiger partial charge in [0.15, 0.2) is 0 Å². The van der Waals surface area contributed by atoms with Crippen LogP contribution in [-0.4, -0.2) is 12.6 Å². The van der Waals surface area contributed by atoms with E-state index in [0.717, 1.165) is 11.3 Å². The molecule has 0 bridgehead atoms. The van der Waals surface area contributed by atoms with Gasteiger partial charge in [-0.15, -0.1) is 0 Å². The molecule has 2 aromatic carbocycles. The summed E-state index contributed by atoms with van der Waals surface area (Å²) in [5.41, 5.74) is 1.90. The van der Waals surface area contributed by atoms with Crippen molar-refractivity contribution in [3.63, 3.8) is 0 Å². The summed E-state index contributed by atoms with van der Waals surface area (Å²) < 4.78 is 18.1. The SMILES string of the molecule is CCOC(=O)CCC(Nc1ccccc1)c1ccc(F)cc1. The zero-order chi connectivity index (χ0) is 15.8. The van der Waals surface area contributed by atoms with Crippen molar-refractivity contribution < 1.29 is 13.9 Å². The van der Waals surface area contributed by atoms with Gasteiger partial charge in [0.2, 0.25) is 0 Å². The molecule has 4 heteroatoms. The Bertz CT molecular complexity index is 584. The molecule has 2 aromatic rings. The van der Waals surface area contributed by atoms with E-state index in [1.54, 1.807) is 19.1 Å². The number of nitrogens with one attached hydrogen (secondary N) is 1. The van der Waals surface area contributed by atoms with E-state index in [4.69, 9.17) is 4.74 Å². The number of rotatable bonds is 7. The van der Waals surface area contributed by atoms with Gasteiger partial charge in [-0.25, -0.2) is 4.39 Å². The number of ether oxygens (including phenoxy) is 1. The molecule has 0 spiro atoms. The van der Waals surface area contributed by atoms with Gasteiger partial charge in [0.1, 0.15) is 5.82 Å². The van der Waals surface area contributed by atoms with Crippen LogP contribution in [0.15, 0.2) is 54.6 Å². The normalized spacial score (nSPS) is 11.7. The van der Waals surface area contributed by atoms with Crippen molar-refractivity contribution in [2.75, 3.05) is 11.9 Å². The Hall–Kier alpha value is -2.36. The summed E-state index contributed by atoms with van der Waals surface area (Å²) in [6.07, 6.45) is 0.898. The van der Waals surface area contributed by atoms with Gasteiger partial charge in [-0.2, -0.15) is 0 Å². The molecule has 0 heterocycles. The molecule has 2 rings (SSSR count). The zero-order valence-corrected chi connectivity index (χ0v) is 12.6. The number of carbonyl (C=O) groups excluding carboxylic acids is 1. The van der Waals surface area contributed by atoms with Crippen LogP contribution in [0.2, 0.25) is 0 Å². The zero-order valence-electron chi connectivity index (χ0n) is 12.6. The Kier molecular flexibility index (Phi) is 5.95. The third-order valence-corrected chi connectivity index (χ3v) is 3.33. The van der Waals surface area contributed by atoms with Crippen LogP contribution in [-0.2, 0) is 9.53 Å². The predicted octanol–water partition coefficient (Wildman–Crippen LogP) is 4.32. The van der Waals surface area contributed by atoms with Gasteiger partial charge in [-0.05, 0) is 43.2 Å². The molecule has 0 radical (unpaired) electrons. The molecule has 1 N–H and O–H groups in total. The molecule has 22 heavy (non-hydrogen) atoms. The van der Waals surface area contributed by atoms with Gasteiger partial charge >= 0.3 is 5.97 Å². The van der Waals surface area contributed by atoms with Gasteiger partial charge in [-0.1, -0.05) is 30.3 Å². The quantitative estimate of drug-likeness (QED) is 0.774. The number of benzene rings is 2. The number of hydrogen-bond donors (Lipinski definition) is 1. The fraction of sp³-hybridized carbons (Fsp3) is 0.278. The Morgan fingerprint density at radius 3 is 2.45 bits per heavy atom. The average Bonchev–Trinajstić information content (AvgIpc) is 2.53. The summed E-state index contributed by atoms with van der Waals surface area (Å²) in [5, 5.41) is 3.38. The van der Waals surface area contributed by atoms with Crippen molar-refractivity contribution in [2.24, 2.45) is 0 Å². The Morgan fingerprint density at radius 2 is 1.82 bits per heavy atom. The van der Waals surface area contributed by atoms with Crippen molar-refractivity contribution in [2.45, 2.75) is 25.8 Å². The van der Waals surface area contributed by atoms with Crippen molar-refractivity contribution >= 4 is 11.7 Å². The highest BCUT2D eigenvalue weighted by Gasteiger charge is 2.14. The summed E-state index contributed by atoms with van der Waals surface area (Å²) in [5.74, 6) is -0.489. The van der Waals surface area contributed by atoms with Crippen LogP contribution in [0.4, 0.5) is 10.1 Å². The maximum Gasteiger partial charge on any atom is 0.305 e. The topological polar surface area (TPSA) is 38.3 Å². The lowest BCUT2D eigenvalue weighted by Crippen LogP contribution is -2.14. The lowest BCUT2D eigenvalue weighted by molar-refractivity contribution is -0.143. The molecule has 0 aliphatic carbocycles. The monoisotopic (exact) mass is 301 g/mol. The van der Waals surface area contributed by atoms with Crippen LogP contribution in [0.1, 0.15) is 31.4 Å². The predicted molar refractivity (Wildman–Crippen MR) is 85.1 cm³/mol. The summed E-state index contributed by atoms with van der Waals surface area (Å²) in [7, 11) is 0. The van der Waals surface area contributed by atoms with E-state index < -0.39 is 0 Å². The number of anilines is 1. The second kappa shape index (κ2) is 8.17. The lowest BCUT2D eigenvalue weighted by atomic mass is 10.0. The van der Waals surface area contributed by atoms with Crippen LogP contribution >= 0.6 is 0 Å².